The highest BCUT2D eigenvalue weighted by Gasteiger charge is 2.34. The number of carboxylic acids is 1. The SMILES string of the molecule is C=CCNC(=O)N1CCC(C)CC1C(=O)O. The van der Waals surface area contributed by atoms with Crippen molar-refractivity contribution in [2.75, 3.05) is 13.1 Å². The van der Waals surface area contributed by atoms with Gasteiger partial charge in [0.05, 0.1) is 0 Å². The maximum absolute atomic E-state index is 11.7. The summed E-state index contributed by atoms with van der Waals surface area (Å²) in [5.74, 6) is -0.579. The molecule has 16 heavy (non-hydrogen) atoms. The van der Waals surface area contributed by atoms with Crippen LogP contribution in [0.5, 0.6) is 0 Å². The standard InChI is InChI=1S/C11H18N2O3/c1-3-5-12-11(16)13-6-4-8(2)7-9(13)10(14)15/h3,8-9H,1,4-7H2,2H3,(H,12,16)(H,14,15). The van der Waals surface area contributed by atoms with Crippen LogP contribution in [0.25, 0.3) is 0 Å². The van der Waals surface area contributed by atoms with E-state index in [2.05, 4.69) is 11.9 Å². The molecule has 90 valence electrons. The summed E-state index contributed by atoms with van der Waals surface area (Å²) in [6, 6.07) is -1.02. The third kappa shape index (κ3) is 2.98. The first-order chi connectivity index (χ1) is 7.56. The molecule has 2 atom stereocenters. The molecule has 1 aliphatic heterocycles. The van der Waals surface area contributed by atoms with Gasteiger partial charge in [-0.25, -0.2) is 9.59 Å². The third-order valence-corrected chi connectivity index (χ3v) is 2.81. The van der Waals surface area contributed by atoms with E-state index in [1.165, 1.54) is 4.90 Å². The number of carbonyl (C=O) groups is 2. The minimum atomic E-state index is -0.930. The summed E-state index contributed by atoms with van der Waals surface area (Å²) in [6.07, 6.45) is 2.95. The Morgan fingerprint density at radius 1 is 1.62 bits per heavy atom. The second-order valence-corrected chi connectivity index (χ2v) is 4.15. The number of nitrogens with zero attached hydrogens (tertiary/aromatic N) is 1. The maximum Gasteiger partial charge on any atom is 0.326 e. The Labute approximate surface area is 95.1 Å². The minimum Gasteiger partial charge on any atom is -0.480 e. The van der Waals surface area contributed by atoms with Crippen molar-refractivity contribution < 1.29 is 14.7 Å². The van der Waals surface area contributed by atoms with E-state index in [-0.39, 0.29) is 6.03 Å². The van der Waals surface area contributed by atoms with Gasteiger partial charge in [-0.2, -0.15) is 0 Å². The number of aliphatic carboxylic acids is 1. The highest BCUT2D eigenvalue weighted by molar-refractivity contribution is 5.82. The van der Waals surface area contributed by atoms with Crippen molar-refractivity contribution in [3.8, 4) is 0 Å². The molecule has 0 bridgehead atoms. The predicted molar refractivity (Wildman–Crippen MR) is 60.1 cm³/mol. The normalized spacial score (nSPS) is 24.9. The van der Waals surface area contributed by atoms with Crippen molar-refractivity contribution >= 4 is 12.0 Å². The third-order valence-electron chi connectivity index (χ3n) is 2.81. The zero-order chi connectivity index (χ0) is 12.1. The van der Waals surface area contributed by atoms with E-state index < -0.39 is 12.0 Å². The van der Waals surface area contributed by atoms with E-state index in [0.717, 1.165) is 6.42 Å². The zero-order valence-corrected chi connectivity index (χ0v) is 9.48. The number of hydrogen-bond donors (Lipinski definition) is 2. The van der Waals surface area contributed by atoms with E-state index >= 15 is 0 Å². The topological polar surface area (TPSA) is 69.6 Å². The molecule has 2 amide bonds. The first-order valence-electron chi connectivity index (χ1n) is 5.44. The Morgan fingerprint density at radius 2 is 2.31 bits per heavy atom. The van der Waals surface area contributed by atoms with Crippen molar-refractivity contribution in [1.29, 1.82) is 0 Å². The second kappa shape index (κ2) is 5.53. The molecule has 1 rings (SSSR count). The van der Waals surface area contributed by atoms with Gasteiger partial charge in [-0.05, 0) is 18.8 Å². The average molecular weight is 226 g/mol. The van der Waals surface area contributed by atoms with Crippen molar-refractivity contribution in [2.45, 2.75) is 25.8 Å². The number of piperidine rings is 1. The molecule has 5 heteroatoms. The highest BCUT2D eigenvalue weighted by atomic mass is 16.4. The van der Waals surface area contributed by atoms with E-state index in [1.54, 1.807) is 6.08 Å². The van der Waals surface area contributed by atoms with Crippen LogP contribution in [0, 0.1) is 5.92 Å². The number of urea groups is 1. The number of rotatable bonds is 3. The molecule has 2 unspecified atom stereocenters. The fraction of sp³-hybridized carbons (Fsp3) is 0.636. The summed E-state index contributed by atoms with van der Waals surface area (Å²) in [5.41, 5.74) is 0. The molecule has 1 fully saturated rings. The smallest absolute Gasteiger partial charge is 0.326 e. The molecule has 0 aromatic rings. The Bertz CT molecular complexity index is 291. The van der Waals surface area contributed by atoms with E-state index in [0.29, 0.717) is 25.4 Å². The fourth-order valence-corrected chi connectivity index (χ4v) is 1.88. The first-order valence-corrected chi connectivity index (χ1v) is 5.44. The molecular weight excluding hydrogens is 208 g/mol. The number of hydrogen-bond acceptors (Lipinski definition) is 2. The van der Waals surface area contributed by atoms with Crippen molar-refractivity contribution in [3.05, 3.63) is 12.7 Å². The number of carboxylic acid groups (broad SMARTS) is 1. The Morgan fingerprint density at radius 3 is 2.88 bits per heavy atom. The van der Waals surface area contributed by atoms with Gasteiger partial charge in [0.2, 0.25) is 0 Å². The van der Waals surface area contributed by atoms with Gasteiger partial charge in [0.25, 0.3) is 0 Å². The van der Waals surface area contributed by atoms with Crippen molar-refractivity contribution in [2.24, 2.45) is 5.92 Å². The van der Waals surface area contributed by atoms with Crippen LogP contribution < -0.4 is 5.32 Å². The van der Waals surface area contributed by atoms with E-state index in [4.69, 9.17) is 5.11 Å². The predicted octanol–water partition coefficient (Wildman–Crippen LogP) is 1.07. The van der Waals surface area contributed by atoms with Crippen molar-refractivity contribution in [3.63, 3.8) is 0 Å². The van der Waals surface area contributed by atoms with Crippen LogP contribution >= 0.6 is 0 Å². The van der Waals surface area contributed by atoms with Gasteiger partial charge in [0, 0.05) is 13.1 Å². The molecule has 0 spiro atoms. The molecule has 1 heterocycles. The largest absolute Gasteiger partial charge is 0.480 e. The maximum atomic E-state index is 11.7. The molecule has 5 nitrogen and oxygen atoms in total. The molecule has 0 saturated carbocycles. The molecule has 1 aliphatic rings. The molecule has 0 aromatic carbocycles. The number of nitrogens with one attached hydrogen (secondary N) is 1. The van der Waals surface area contributed by atoms with Gasteiger partial charge >= 0.3 is 12.0 Å². The van der Waals surface area contributed by atoms with Gasteiger partial charge in [-0.1, -0.05) is 13.0 Å². The van der Waals surface area contributed by atoms with E-state index in [1.807, 2.05) is 6.92 Å². The number of carbonyl (C=O) groups excluding carboxylic acids is 1. The quantitative estimate of drug-likeness (QED) is 0.707. The van der Waals surface area contributed by atoms with Gasteiger partial charge in [-0.3, -0.25) is 0 Å². The summed E-state index contributed by atoms with van der Waals surface area (Å²) in [5, 5.41) is 11.7. The zero-order valence-electron chi connectivity index (χ0n) is 9.48. The summed E-state index contributed by atoms with van der Waals surface area (Å²) in [6.45, 7) is 6.36. The van der Waals surface area contributed by atoms with Crippen LogP contribution in [0.1, 0.15) is 19.8 Å². The van der Waals surface area contributed by atoms with Gasteiger partial charge < -0.3 is 15.3 Å². The van der Waals surface area contributed by atoms with Gasteiger partial charge in [0.15, 0.2) is 0 Å². The summed E-state index contributed by atoms with van der Waals surface area (Å²) >= 11 is 0. The molecule has 0 aliphatic carbocycles. The number of likely N-dealkylation sites (tertiary alicyclic amines) is 1. The van der Waals surface area contributed by atoms with Crippen molar-refractivity contribution in [1.82, 2.24) is 10.2 Å². The molecule has 0 aromatic heterocycles. The van der Waals surface area contributed by atoms with Crippen LogP contribution in [-0.2, 0) is 4.79 Å². The van der Waals surface area contributed by atoms with Crippen LogP contribution in [0.2, 0.25) is 0 Å². The Kier molecular flexibility index (Phi) is 4.34. The summed E-state index contributed by atoms with van der Waals surface area (Å²) in [7, 11) is 0. The van der Waals surface area contributed by atoms with Crippen LogP contribution in [-0.4, -0.2) is 41.1 Å². The lowest BCUT2D eigenvalue weighted by Crippen LogP contribution is -2.53. The lowest BCUT2D eigenvalue weighted by atomic mass is 9.93. The number of amides is 2. The van der Waals surface area contributed by atoms with Crippen LogP contribution in [0.3, 0.4) is 0 Å². The molecule has 1 saturated heterocycles. The lowest BCUT2D eigenvalue weighted by Gasteiger charge is -2.35. The van der Waals surface area contributed by atoms with Gasteiger partial charge in [0.1, 0.15) is 6.04 Å². The fourth-order valence-electron chi connectivity index (χ4n) is 1.88. The second-order valence-electron chi connectivity index (χ2n) is 4.15. The average Bonchev–Trinajstić information content (AvgIpc) is 2.25. The monoisotopic (exact) mass is 226 g/mol. The Hall–Kier alpha value is -1.52. The summed E-state index contributed by atoms with van der Waals surface area (Å²) < 4.78 is 0. The Balaban J connectivity index is 2.64. The first kappa shape index (κ1) is 12.5. The summed E-state index contributed by atoms with van der Waals surface area (Å²) in [4.78, 5) is 24.1. The lowest BCUT2D eigenvalue weighted by molar-refractivity contribution is -0.143. The van der Waals surface area contributed by atoms with Gasteiger partial charge in [-0.15, -0.1) is 6.58 Å². The molecular formula is C11H18N2O3. The van der Waals surface area contributed by atoms with Crippen LogP contribution in [0.15, 0.2) is 12.7 Å². The molecule has 0 radical (unpaired) electrons. The highest BCUT2D eigenvalue weighted by Crippen LogP contribution is 2.22. The van der Waals surface area contributed by atoms with Crippen LogP contribution in [0.4, 0.5) is 4.79 Å². The minimum absolute atomic E-state index is 0.320. The van der Waals surface area contributed by atoms with E-state index in [9.17, 15) is 9.59 Å². The molecule has 2 N–H and O–H groups in total.